The van der Waals surface area contributed by atoms with E-state index in [2.05, 4.69) is 45.5 Å². The number of aromatic nitrogens is 1. The van der Waals surface area contributed by atoms with Gasteiger partial charge in [0.15, 0.2) is 0 Å². The van der Waals surface area contributed by atoms with Crippen LogP contribution in [0, 0.1) is 6.92 Å². The van der Waals surface area contributed by atoms with Gasteiger partial charge in [-0.2, -0.15) is 0 Å². The quantitative estimate of drug-likeness (QED) is 0.752. The van der Waals surface area contributed by atoms with Gasteiger partial charge in [-0.05, 0) is 49.1 Å². The molecular weight excluding hydrogens is 334 g/mol. The van der Waals surface area contributed by atoms with E-state index < -0.39 is 0 Å². The van der Waals surface area contributed by atoms with Gasteiger partial charge in [0.05, 0.1) is 5.56 Å². The Morgan fingerprint density at radius 3 is 2.81 bits per heavy atom. The first-order valence-electron chi connectivity index (χ1n) is 9.36. The van der Waals surface area contributed by atoms with Gasteiger partial charge in [-0.15, -0.1) is 0 Å². The zero-order valence-corrected chi connectivity index (χ0v) is 15.5. The number of rotatable bonds is 4. The summed E-state index contributed by atoms with van der Waals surface area (Å²) in [5.74, 6) is 0.784. The van der Waals surface area contributed by atoms with Crippen LogP contribution in [0.1, 0.15) is 33.5 Å². The van der Waals surface area contributed by atoms with Crippen molar-refractivity contribution in [1.82, 2.24) is 10.3 Å². The molecule has 4 nitrogen and oxygen atoms in total. The molecule has 0 spiro atoms. The number of carbonyl (C=O) groups excluding carboxylic acids is 1. The summed E-state index contributed by atoms with van der Waals surface area (Å²) in [6, 6.07) is 20.4. The molecule has 4 heteroatoms. The summed E-state index contributed by atoms with van der Waals surface area (Å²) in [6.45, 7) is 3.51. The highest BCUT2D eigenvalue weighted by atomic mass is 16.1. The Balaban J connectivity index is 1.45. The minimum absolute atomic E-state index is 0.102. The summed E-state index contributed by atoms with van der Waals surface area (Å²) < 4.78 is 0. The van der Waals surface area contributed by atoms with E-state index in [1.165, 1.54) is 16.8 Å². The maximum Gasteiger partial charge on any atom is 0.253 e. The summed E-state index contributed by atoms with van der Waals surface area (Å²) in [5.41, 5.74) is 5.43. The number of pyridine rings is 1. The second-order valence-electron chi connectivity index (χ2n) is 6.96. The lowest BCUT2D eigenvalue weighted by Crippen LogP contribution is -2.26. The molecule has 1 aliphatic rings. The molecular formula is C23H23N3O. The van der Waals surface area contributed by atoms with Crippen LogP contribution in [0.25, 0.3) is 0 Å². The predicted octanol–water partition coefficient (Wildman–Crippen LogP) is 4.40. The van der Waals surface area contributed by atoms with Crippen molar-refractivity contribution in [3.05, 3.63) is 89.1 Å². The van der Waals surface area contributed by atoms with Gasteiger partial charge in [-0.25, -0.2) is 4.98 Å². The van der Waals surface area contributed by atoms with Crippen molar-refractivity contribution in [1.29, 1.82) is 0 Å². The van der Waals surface area contributed by atoms with Crippen molar-refractivity contribution in [2.24, 2.45) is 0 Å². The SMILES string of the molecule is Cc1cccc(CNC(=O)c2ccc(N3CCCc4ccccc43)nc2)c1. The molecule has 3 aromatic rings. The van der Waals surface area contributed by atoms with Crippen LogP contribution >= 0.6 is 0 Å². The molecule has 136 valence electrons. The van der Waals surface area contributed by atoms with Crippen molar-refractivity contribution >= 4 is 17.4 Å². The largest absolute Gasteiger partial charge is 0.348 e. The summed E-state index contributed by atoms with van der Waals surface area (Å²) in [5, 5.41) is 2.96. The Kier molecular flexibility index (Phi) is 4.88. The highest BCUT2D eigenvalue weighted by molar-refractivity contribution is 5.94. The molecule has 1 aromatic heterocycles. The number of hydrogen-bond donors (Lipinski definition) is 1. The standard InChI is InChI=1S/C23H23N3O/c1-17-6-4-7-18(14-17)15-25-23(27)20-11-12-22(24-16-20)26-13-5-9-19-8-2-3-10-21(19)26/h2-4,6-8,10-12,14,16H,5,9,13,15H2,1H3,(H,25,27). The van der Waals surface area contributed by atoms with Gasteiger partial charge in [-0.3, -0.25) is 4.79 Å². The lowest BCUT2D eigenvalue weighted by molar-refractivity contribution is 0.0950. The third-order valence-electron chi connectivity index (χ3n) is 4.93. The van der Waals surface area contributed by atoms with E-state index in [0.29, 0.717) is 12.1 Å². The number of fused-ring (bicyclic) bond motifs is 1. The number of anilines is 2. The summed E-state index contributed by atoms with van der Waals surface area (Å²) in [4.78, 5) is 19.2. The van der Waals surface area contributed by atoms with E-state index in [1.807, 2.05) is 37.3 Å². The second kappa shape index (κ2) is 7.62. The number of nitrogens with zero attached hydrogens (tertiary/aromatic N) is 2. The fourth-order valence-electron chi connectivity index (χ4n) is 3.56. The molecule has 1 amide bonds. The number of benzene rings is 2. The van der Waals surface area contributed by atoms with Crippen molar-refractivity contribution in [2.75, 3.05) is 11.4 Å². The van der Waals surface area contributed by atoms with Crippen LogP contribution in [0.4, 0.5) is 11.5 Å². The Morgan fingerprint density at radius 1 is 1.11 bits per heavy atom. The minimum atomic E-state index is -0.102. The molecule has 2 aromatic carbocycles. The number of carbonyl (C=O) groups is 1. The van der Waals surface area contributed by atoms with Crippen LogP contribution in [0.5, 0.6) is 0 Å². The fraction of sp³-hybridized carbons (Fsp3) is 0.217. The number of para-hydroxylation sites is 1. The lowest BCUT2D eigenvalue weighted by atomic mass is 10.0. The van der Waals surface area contributed by atoms with E-state index in [1.54, 1.807) is 6.20 Å². The zero-order valence-electron chi connectivity index (χ0n) is 15.5. The molecule has 0 fully saturated rings. The molecule has 4 rings (SSSR count). The van der Waals surface area contributed by atoms with Crippen molar-refractivity contribution in [3.63, 3.8) is 0 Å². The topological polar surface area (TPSA) is 45.2 Å². The molecule has 0 saturated carbocycles. The van der Waals surface area contributed by atoms with Crippen molar-refractivity contribution in [2.45, 2.75) is 26.3 Å². The van der Waals surface area contributed by atoms with Crippen molar-refractivity contribution in [3.8, 4) is 0 Å². The molecule has 0 radical (unpaired) electrons. The lowest BCUT2D eigenvalue weighted by Gasteiger charge is -2.30. The molecule has 1 N–H and O–H groups in total. The Bertz CT molecular complexity index is 950. The fourth-order valence-corrected chi connectivity index (χ4v) is 3.56. The van der Waals surface area contributed by atoms with E-state index >= 15 is 0 Å². The summed E-state index contributed by atoms with van der Waals surface area (Å²) in [6.07, 6.45) is 3.88. The normalized spacial score (nSPS) is 13.1. The number of amides is 1. The van der Waals surface area contributed by atoms with E-state index in [-0.39, 0.29) is 5.91 Å². The third kappa shape index (κ3) is 3.85. The van der Waals surface area contributed by atoms with Gasteiger partial charge in [0.1, 0.15) is 5.82 Å². The van der Waals surface area contributed by atoms with Crippen LogP contribution in [0.15, 0.2) is 66.9 Å². The highest BCUT2D eigenvalue weighted by Gasteiger charge is 2.18. The molecule has 2 heterocycles. The van der Waals surface area contributed by atoms with Crippen LogP contribution in [0.3, 0.4) is 0 Å². The average molecular weight is 357 g/mol. The summed E-state index contributed by atoms with van der Waals surface area (Å²) >= 11 is 0. The van der Waals surface area contributed by atoms with Gasteiger partial charge < -0.3 is 10.2 Å². The first kappa shape index (κ1) is 17.3. The molecule has 0 atom stereocenters. The van der Waals surface area contributed by atoms with Gasteiger partial charge in [0.2, 0.25) is 0 Å². The van der Waals surface area contributed by atoms with Crippen LogP contribution < -0.4 is 10.2 Å². The number of hydrogen-bond acceptors (Lipinski definition) is 3. The molecule has 0 unspecified atom stereocenters. The van der Waals surface area contributed by atoms with E-state index in [4.69, 9.17) is 0 Å². The minimum Gasteiger partial charge on any atom is -0.348 e. The summed E-state index contributed by atoms with van der Waals surface area (Å²) in [7, 11) is 0. The monoisotopic (exact) mass is 357 g/mol. The van der Waals surface area contributed by atoms with Gasteiger partial charge >= 0.3 is 0 Å². The maximum atomic E-state index is 12.4. The predicted molar refractivity (Wildman–Crippen MR) is 108 cm³/mol. The van der Waals surface area contributed by atoms with E-state index in [0.717, 1.165) is 30.8 Å². The molecule has 0 saturated heterocycles. The first-order valence-corrected chi connectivity index (χ1v) is 9.36. The Morgan fingerprint density at radius 2 is 2.00 bits per heavy atom. The number of aryl methyl sites for hydroxylation is 2. The van der Waals surface area contributed by atoms with Crippen molar-refractivity contribution < 1.29 is 4.79 Å². The maximum absolute atomic E-state index is 12.4. The Hall–Kier alpha value is -3.14. The highest BCUT2D eigenvalue weighted by Crippen LogP contribution is 2.32. The average Bonchev–Trinajstić information content (AvgIpc) is 2.72. The van der Waals surface area contributed by atoms with Gasteiger partial charge in [0.25, 0.3) is 5.91 Å². The molecule has 1 aliphatic heterocycles. The Labute approximate surface area is 159 Å². The first-order chi connectivity index (χ1) is 13.2. The number of nitrogens with one attached hydrogen (secondary N) is 1. The molecule has 0 aliphatic carbocycles. The van der Waals surface area contributed by atoms with Gasteiger partial charge in [0, 0.05) is 25.0 Å². The molecule has 0 bridgehead atoms. The smallest absolute Gasteiger partial charge is 0.253 e. The molecule has 27 heavy (non-hydrogen) atoms. The van der Waals surface area contributed by atoms with Crippen LogP contribution in [-0.4, -0.2) is 17.4 Å². The van der Waals surface area contributed by atoms with Gasteiger partial charge in [-0.1, -0.05) is 48.0 Å². The van der Waals surface area contributed by atoms with Crippen LogP contribution in [0.2, 0.25) is 0 Å². The van der Waals surface area contributed by atoms with Crippen LogP contribution in [-0.2, 0) is 13.0 Å². The zero-order chi connectivity index (χ0) is 18.6. The third-order valence-corrected chi connectivity index (χ3v) is 4.93. The second-order valence-corrected chi connectivity index (χ2v) is 6.96. The van der Waals surface area contributed by atoms with E-state index in [9.17, 15) is 4.79 Å².